The average molecular weight is 303 g/mol. The molecule has 4 atom stereocenters. The highest BCUT2D eigenvalue weighted by atomic mass is 32.2. The molecule has 3 rings (SSSR count). The summed E-state index contributed by atoms with van der Waals surface area (Å²) in [6.45, 7) is 4.56. The number of rotatable bonds is 3. The number of aromatic nitrogens is 4. The molecule has 0 aliphatic heterocycles. The molecule has 4 unspecified atom stereocenters. The number of para-hydroxylation sites is 1. The largest absolute Gasteiger partial charge is 0.327 e. The van der Waals surface area contributed by atoms with E-state index in [-0.39, 0.29) is 6.04 Å². The molecule has 0 spiro atoms. The Labute approximate surface area is 129 Å². The Morgan fingerprint density at radius 2 is 1.95 bits per heavy atom. The lowest BCUT2D eigenvalue weighted by atomic mass is 9.80. The van der Waals surface area contributed by atoms with Crippen LogP contribution in [0.3, 0.4) is 0 Å². The normalized spacial score (nSPS) is 29.5. The van der Waals surface area contributed by atoms with Gasteiger partial charge in [0.1, 0.15) is 0 Å². The molecule has 112 valence electrons. The molecule has 1 aromatic heterocycles. The first-order valence-corrected chi connectivity index (χ1v) is 8.29. The minimum Gasteiger partial charge on any atom is -0.327 e. The zero-order chi connectivity index (χ0) is 14.8. The molecule has 0 saturated heterocycles. The van der Waals surface area contributed by atoms with Gasteiger partial charge in [-0.25, -0.2) is 0 Å². The number of nitrogens with two attached hydrogens (primary N) is 1. The van der Waals surface area contributed by atoms with Crippen molar-refractivity contribution in [1.29, 1.82) is 0 Å². The van der Waals surface area contributed by atoms with E-state index in [9.17, 15) is 0 Å². The van der Waals surface area contributed by atoms with Crippen molar-refractivity contribution in [2.45, 2.75) is 43.1 Å². The van der Waals surface area contributed by atoms with Gasteiger partial charge in [0.15, 0.2) is 0 Å². The average Bonchev–Trinajstić information content (AvgIpc) is 2.92. The molecule has 0 bridgehead atoms. The van der Waals surface area contributed by atoms with E-state index in [1.165, 1.54) is 6.42 Å². The van der Waals surface area contributed by atoms with E-state index in [2.05, 4.69) is 29.4 Å². The highest BCUT2D eigenvalue weighted by Crippen LogP contribution is 2.38. The Hall–Kier alpha value is -1.40. The van der Waals surface area contributed by atoms with Gasteiger partial charge < -0.3 is 5.73 Å². The molecule has 5 nitrogen and oxygen atoms in total. The number of hydrogen-bond acceptors (Lipinski definition) is 5. The molecule has 1 aliphatic rings. The maximum absolute atomic E-state index is 6.37. The number of hydrogen-bond donors (Lipinski definition) is 1. The van der Waals surface area contributed by atoms with Crippen LogP contribution >= 0.6 is 11.8 Å². The molecule has 1 heterocycles. The molecule has 1 aliphatic carbocycles. The van der Waals surface area contributed by atoms with Crippen molar-refractivity contribution in [1.82, 2.24) is 20.2 Å². The van der Waals surface area contributed by atoms with Crippen molar-refractivity contribution in [3.63, 3.8) is 0 Å². The smallest absolute Gasteiger partial charge is 0.214 e. The van der Waals surface area contributed by atoms with Crippen LogP contribution in [0, 0.1) is 11.8 Å². The van der Waals surface area contributed by atoms with E-state index in [4.69, 9.17) is 5.73 Å². The summed E-state index contributed by atoms with van der Waals surface area (Å²) in [5, 5.41) is 13.3. The first kappa shape index (κ1) is 14.5. The Morgan fingerprint density at radius 3 is 2.67 bits per heavy atom. The number of tetrazole rings is 1. The summed E-state index contributed by atoms with van der Waals surface area (Å²) in [5.41, 5.74) is 7.35. The van der Waals surface area contributed by atoms with Gasteiger partial charge in [0, 0.05) is 11.3 Å². The Morgan fingerprint density at radius 1 is 1.19 bits per heavy atom. The summed E-state index contributed by atoms with van der Waals surface area (Å²) < 4.78 is 1.79. The van der Waals surface area contributed by atoms with Crippen LogP contribution in [0.25, 0.3) is 5.69 Å². The van der Waals surface area contributed by atoms with Crippen molar-refractivity contribution in [3.05, 3.63) is 30.3 Å². The van der Waals surface area contributed by atoms with Gasteiger partial charge in [-0.05, 0) is 47.2 Å². The summed E-state index contributed by atoms with van der Waals surface area (Å²) in [6.07, 6.45) is 2.30. The van der Waals surface area contributed by atoms with Crippen LogP contribution < -0.4 is 5.73 Å². The lowest BCUT2D eigenvalue weighted by Gasteiger charge is -2.36. The highest BCUT2D eigenvalue weighted by Gasteiger charge is 2.33. The van der Waals surface area contributed by atoms with Crippen LogP contribution in [0.15, 0.2) is 35.5 Å². The van der Waals surface area contributed by atoms with Crippen LogP contribution in [0.4, 0.5) is 0 Å². The lowest BCUT2D eigenvalue weighted by Crippen LogP contribution is -2.43. The van der Waals surface area contributed by atoms with Gasteiger partial charge in [-0.15, -0.1) is 5.10 Å². The summed E-state index contributed by atoms with van der Waals surface area (Å²) in [5.74, 6) is 1.28. The number of benzene rings is 1. The fraction of sp³-hybridized carbons (Fsp3) is 0.533. The van der Waals surface area contributed by atoms with Gasteiger partial charge >= 0.3 is 0 Å². The third kappa shape index (κ3) is 3.11. The summed E-state index contributed by atoms with van der Waals surface area (Å²) >= 11 is 1.71. The molecule has 6 heteroatoms. The highest BCUT2D eigenvalue weighted by molar-refractivity contribution is 7.99. The molecule has 2 aromatic rings. The van der Waals surface area contributed by atoms with Gasteiger partial charge in [0.05, 0.1) is 5.69 Å². The molecular weight excluding hydrogens is 282 g/mol. The molecule has 1 fully saturated rings. The third-order valence-electron chi connectivity index (χ3n) is 4.11. The zero-order valence-corrected chi connectivity index (χ0v) is 13.2. The molecule has 21 heavy (non-hydrogen) atoms. The second kappa shape index (κ2) is 6.15. The van der Waals surface area contributed by atoms with Crippen molar-refractivity contribution in [2.75, 3.05) is 0 Å². The van der Waals surface area contributed by atoms with E-state index in [1.807, 2.05) is 30.3 Å². The predicted molar refractivity (Wildman–Crippen MR) is 84.3 cm³/mol. The van der Waals surface area contributed by atoms with Crippen LogP contribution in [0.2, 0.25) is 0 Å². The quantitative estimate of drug-likeness (QED) is 0.943. The molecule has 2 N–H and O–H groups in total. The molecular formula is C15H21N5S. The Bertz CT molecular complexity index is 573. The van der Waals surface area contributed by atoms with Gasteiger partial charge in [0.2, 0.25) is 5.16 Å². The monoisotopic (exact) mass is 303 g/mol. The fourth-order valence-electron chi connectivity index (χ4n) is 3.19. The second-order valence-corrected chi connectivity index (χ2v) is 7.15. The van der Waals surface area contributed by atoms with Crippen LogP contribution in [-0.4, -0.2) is 31.5 Å². The van der Waals surface area contributed by atoms with E-state index in [0.29, 0.717) is 17.1 Å². The second-order valence-electron chi connectivity index (χ2n) is 6.01. The van der Waals surface area contributed by atoms with Crippen molar-refractivity contribution in [2.24, 2.45) is 17.6 Å². The van der Waals surface area contributed by atoms with Gasteiger partial charge in [0.25, 0.3) is 0 Å². The van der Waals surface area contributed by atoms with Gasteiger partial charge in [-0.3, -0.25) is 0 Å². The first-order chi connectivity index (χ1) is 10.1. The molecule has 1 saturated carbocycles. The number of nitrogens with zero attached hydrogens (tertiary/aromatic N) is 4. The molecule has 0 radical (unpaired) electrons. The standard InChI is InChI=1S/C15H21N5S/c1-10-8-11(2)14(13(16)9-10)21-15-17-18-19-20(15)12-6-4-3-5-7-12/h3-7,10-11,13-14H,8-9,16H2,1-2H3. The zero-order valence-electron chi connectivity index (χ0n) is 12.4. The maximum atomic E-state index is 6.37. The van der Waals surface area contributed by atoms with Gasteiger partial charge in [-0.2, -0.15) is 4.68 Å². The minimum absolute atomic E-state index is 0.203. The van der Waals surface area contributed by atoms with E-state index >= 15 is 0 Å². The predicted octanol–water partition coefficient (Wildman–Crippen LogP) is 2.52. The van der Waals surface area contributed by atoms with E-state index in [1.54, 1.807) is 16.4 Å². The van der Waals surface area contributed by atoms with Crippen molar-refractivity contribution in [3.8, 4) is 5.69 Å². The fourth-order valence-corrected chi connectivity index (χ4v) is 4.39. The van der Waals surface area contributed by atoms with Crippen LogP contribution in [0.5, 0.6) is 0 Å². The Balaban J connectivity index is 1.81. The van der Waals surface area contributed by atoms with Crippen molar-refractivity contribution >= 4 is 11.8 Å². The minimum atomic E-state index is 0.203. The van der Waals surface area contributed by atoms with Crippen molar-refractivity contribution < 1.29 is 0 Å². The van der Waals surface area contributed by atoms with Crippen LogP contribution in [-0.2, 0) is 0 Å². The summed E-state index contributed by atoms with van der Waals surface area (Å²) in [6, 6.07) is 10.2. The number of thioether (sulfide) groups is 1. The van der Waals surface area contributed by atoms with Gasteiger partial charge in [-0.1, -0.05) is 43.8 Å². The van der Waals surface area contributed by atoms with E-state index < -0.39 is 0 Å². The first-order valence-electron chi connectivity index (χ1n) is 7.41. The molecule has 1 aromatic carbocycles. The lowest BCUT2D eigenvalue weighted by molar-refractivity contribution is 0.279. The topological polar surface area (TPSA) is 69.6 Å². The maximum Gasteiger partial charge on any atom is 0.214 e. The van der Waals surface area contributed by atoms with E-state index in [0.717, 1.165) is 17.3 Å². The third-order valence-corrected chi connectivity index (χ3v) is 5.67. The summed E-state index contributed by atoms with van der Waals surface area (Å²) in [7, 11) is 0. The van der Waals surface area contributed by atoms with Crippen LogP contribution in [0.1, 0.15) is 26.7 Å². The Kier molecular flexibility index (Phi) is 4.26. The SMILES string of the molecule is CC1CC(C)C(Sc2nnnn2-c2ccccc2)C(N)C1. The summed E-state index contributed by atoms with van der Waals surface area (Å²) in [4.78, 5) is 0. The molecule has 0 amide bonds.